The van der Waals surface area contributed by atoms with E-state index >= 15 is 0 Å². The molecule has 2 atom stereocenters. The Kier molecular flexibility index (Phi) is 4.27. The van der Waals surface area contributed by atoms with Crippen molar-refractivity contribution in [3.63, 3.8) is 0 Å². The van der Waals surface area contributed by atoms with Gasteiger partial charge in [0.1, 0.15) is 0 Å². The van der Waals surface area contributed by atoms with Gasteiger partial charge < -0.3 is 10.3 Å². The highest BCUT2D eigenvalue weighted by Gasteiger charge is 2.36. The predicted octanol–water partition coefficient (Wildman–Crippen LogP) is 0.651. The molecule has 0 radical (unpaired) electrons. The lowest BCUT2D eigenvalue weighted by atomic mass is 9.94. The fourth-order valence-electron chi connectivity index (χ4n) is 2.53. The Morgan fingerprint density at radius 1 is 1.53 bits per heavy atom. The first-order valence-corrected chi connectivity index (χ1v) is 8.16. The molecule has 7 heteroatoms. The maximum Gasteiger partial charge on any atom is 0.262 e. The Labute approximate surface area is 114 Å². The maximum atomic E-state index is 12.6. The molecule has 0 spiro atoms. The fraction of sp³-hybridized carbons (Fsp3) is 0.750. The number of hydrogen-bond acceptors (Lipinski definition) is 4. The molecular weight excluding hydrogens is 264 g/mol. The molecule has 1 fully saturated rings. The van der Waals surface area contributed by atoms with Crippen molar-refractivity contribution in [2.45, 2.75) is 44.3 Å². The molecular formula is C12H22N4O2S. The monoisotopic (exact) mass is 286 g/mol. The van der Waals surface area contributed by atoms with E-state index in [1.165, 1.54) is 4.31 Å². The van der Waals surface area contributed by atoms with Gasteiger partial charge in [0.05, 0.1) is 6.33 Å². The Hall–Kier alpha value is -0.920. The molecule has 0 saturated carbocycles. The SMILES string of the molecule is CCn1cnc(S(=O)(=O)N2CCC(C)CC2CN)c1. The zero-order valence-corrected chi connectivity index (χ0v) is 12.3. The van der Waals surface area contributed by atoms with Crippen LogP contribution in [0.25, 0.3) is 0 Å². The summed E-state index contributed by atoms with van der Waals surface area (Å²) in [5.74, 6) is 0.521. The molecule has 19 heavy (non-hydrogen) atoms. The van der Waals surface area contributed by atoms with Crippen LogP contribution < -0.4 is 5.73 Å². The van der Waals surface area contributed by atoms with E-state index in [9.17, 15) is 8.42 Å². The van der Waals surface area contributed by atoms with Crippen LogP contribution >= 0.6 is 0 Å². The van der Waals surface area contributed by atoms with Crippen molar-refractivity contribution in [2.24, 2.45) is 11.7 Å². The summed E-state index contributed by atoms with van der Waals surface area (Å²) in [7, 11) is -3.51. The molecule has 2 N–H and O–H groups in total. The number of rotatable bonds is 4. The van der Waals surface area contributed by atoms with Crippen LogP contribution in [0.15, 0.2) is 17.6 Å². The molecule has 2 rings (SSSR count). The maximum absolute atomic E-state index is 12.6. The molecule has 2 heterocycles. The van der Waals surface area contributed by atoms with Gasteiger partial charge >= 0.3 is 0 Å². The van der Waals surface area contributed by atoms with E-state index in [1.54, 1.807) is 17.1 Å². The number of aromatic nitrogens is 2. The topological polar surface area (TPSA) is 81.2 Å². The van der Waals surface area contributed by atoms with Crippen LogP contribution in [0.4, 0.5) is 0 Å². The van der Waals surface area contributed by atoms with Crippen molar-refractivity contribution in [1.29, 1.82) is 0 Å². The molecule has 6 nitrogen and oxygen atoms in total. The second-order valence-corrected chi connectivity index (χ2v) is 7.01. The first kappa shape index (κ1) is 14.5. The summed E-state index contributed by atoms with van der Waals surface area (Å²) < 4.78 is 28.5. The molecule has 1 saturated heterocycles. The normalized spacial score (nSPS) is 25.6. The van der Waals surface area contributed by atoms with E-state index in [0.717, 1.165) is 12.8 Å². The molecule has 2 unspecified atom stereocenters. The van der Waals surface area contributed by atoms with Crippen LogP contribution in [0.5, 0.6) is 0 Å². The highest BCUT2D eigenvalue weighted by atomic mass is 32.2. The minimum Gasteiger partial charge on any atom is -0.336 e. The van der Waals surface area contributed by atoms with Crippen molar-refractivity contribution in [3.8, 4) is 0 Å². The van der Waals surface area contributed by atoms with Crippen LogP contribution in [-0.2, 0) is 16.6 Å². The van der Waals surface area contributed by atoms with E-state index in [1.807, 2.05) is 6.92 Å². The average molecular weight is 286 g/mol. The number of hydrogen-bond donors (Lipinski definition) is 1. The van der Waals surface area contributed by atoms with E-state index in [2.05, 4.69) is 11.9 Å². The summed E-state index contributed by atoms with van der Waals surface area (Å²) in [6.07, 6.45) is 4.84. The van der Waals surface area contributed by atoms with Crippen molar-refractivity contribution >= 4 is 10.0 Å². The zero-order chi connectivity index (χ0) is 14.0. The second-order valence-electron chi connectivity index (χ2n) is 5.18. The lowest BCUT2D eigenvalue weighted by molar-refractivity contribution is 0.210. The standard InChI is InChI=1S/C12H22N4O2S/c1-3-15-8-12(14-9-15)19(17,18)16-5-4-10(2)6-11(16)7-13/h8-11H,3-7,13H2,1-2H3. The lowest BCUT2D eigenvalue weighted by Crippen LogP contribution is -2.49. The first-order valence-electron chi connectivity index (χ1n) is 6.72. The predicted molar refractivity (Wildman–Crippen MR) is 73.0 cm³/mol. The van der Waals surface area contributed by atoms with Gasteiger partial charge in [0.2, 0.25) is 0 Å². The second kappa shape index (κ2) is 5.60. The van der Waals surface area contributed by atoms with Crippen LogP contribution in [0, 0.1) is 5.92 Å². The molecule has 0 bridgehead atoms. The van der Waals surface area contributed by atoms with Gasteiger partial charge in [0, 0.05) is 31.9 Å². The molecule has 1 aliphatic heterocycles. The molecule has 0 amide bonds. The molecule has 1 aromatic heterocycles. The van der Waals surface area contributed by atoms with E-state index < -0.39 is 10.0 Å². The van der Waals surface area contributed by atoms with E-state index in [0.29, 0.717) is 25.6 Å². The van der Waals surface area contributed by atoms with Crippen LogP contribution in [0.1, 0.15) is 26.7 Å². The van der Waals surface area contributed by atoms with Gasteiger partial charge in [-0.05, 0) is 25.7 Å². The van der Waals surface area contributed by atoms with Gasteiger partial charge in [-0.25, -0.2) is 13.4 Å². The summed E-state index contributed by atoms with van der Waals surface area (Å²) in [6, 6.07) is -0.111. The van der Waals surface area contributed by atoms with Gasteiger partial charge in [0.25, 0.3) is 10.0 Å². The third kappa shape index (κ3) is 2.82. The lowest BCUT2D eigenvalue weighted by Gasteiger charge is -2.36. The number of nitrogens with zero attached hydrogens (tertiary/aromatic N) is 3. The van der Waals surface area contributed by atoms with Crippen LogP contribution in [-0.4, -0.2) is 41.4 Å². The quantitative estimate of drug-likeness (QED) is 0.881. The largest absolute Gasteiger partial charge is 0.336 e. The smallest absolute Gasteiger partial charge is 0.262 e. The third-order valence-corrected chi connectivity index (χ3v) is 5.58. The Morgan fingerprint density at radius 2 is 2.26 bits per heavy atom. The number of imidazole rings is 1. The van der Waals surface area contributed by atoms with Gasteiger partial charge in [-0.1, -0.05) is 6.92 Å². The number of nitrogens with two attached hydrogens (primary N) is 1. The Morgan fingerprint density at radius 3 is 2.84 bits per heavy atom. The van der Waals surface area contributed by atoms with Crippen LogP contribution in [0.3, 0.4) is 0 Å². The summed E-state index contributed by atoms with van der Waals surface area (Å²) >= 11 is 0. The van der Waals surface area contributed by atoms with Gasteiger partial charge in [-0.3, -0.25) is 0 Å². The van der Waals surface area contributed by atoms with Crippen LogP contribution in [0.2, 0.25) is 0 Å². The summed E-state index contributed by atoms with van der Waals surface area (Å²) in [5.41, 5.74) is 5.73. The first-order chi connectivity index (χ1) is 8.98. The number of sulfonamides is 1. The van der Waals surface area contributed by atoms with Crippen molar-refractivity contribution in [1.82, 2.24) is 13.9 Å². The van der Waals surface area contributed by atoms with Gasteiger partial charge in [-0.15, -0.1) is 0 Å². The van der Waals surface area contributed by atoms with Crippen molar-refractivity contribution in [3.05, 3.63) is 12.5 Å². The molecule has 108 valence electrons. The summed E-state index contributed by atoms with van der Waals surface area (Å²) in [4.78, 5) is 4.01. The Balaban J connectivity index is 2.27. The molecule has 1 aromatic rings. The minimum absolute atomic E-state index is 0.111. The molecule has 0 aromatic carbocycles. The van der Waals surface area contributed by atoms with E-state index in [-0.39, 0.29) is 11.1 Å². The van der Waals surface area contributed by atoms with Crippen molar-refractivity contribution < 1.29 is 8.42 Å². The minimum atomic E-state index is -3.51. The van der Waals surface area contributed by atoms with E-state index in [4.69, 9.17) is 5.73 Å². The average Bonchev–Trinajstić information content (AvgIpc) is 2.87. The number of aryl methyl sites for hydroxylation is 1. The third-order valence-electron chi connectivity index (χ3n) is 3.74. The van der Waals surface area contributed by atoms with Gasteiger partial charge in [-0.2, -0.15) is 4.31 Å². The van der Waals surface area contributed by atoms with Crippen molar-refractivity contribution in [2.75, 3.05) is 13.1 Å². The number of piperidine rings is 1. The highest BCUT2D eigenvalue weighted by molar-refractivity contribution is 7.89. The summed E-state index contributed by atoms with van der Waals surface area (Å²) in [6.45, 7) is 5.68. The Bertz CT molecular complexity index is 526. The summed E-state index contributed by atoms with van der Waals surface area (Å²) in [5, 5.41) is 0.127. The van der Waals surface area contributed by atoms with Gasteiger partial charge in [0.15, 0.2) is 5.03 Å². The molecule has 0 aliphatic carbocycles. The fourth-order valence-corrected chi connectivity index (χ4v) is 4.13. The molecule has 1 aliphatic rings. The zero-order valence-electron chi connectivity index (χ0n) is 11.5. The highest BCUT2D eigenvalue weighted by Crippen LogP contribution is 2.27.